The van der Waals surface area contributed by atoms with E-state index in [1.54, 1.807) is 10.9 Å². The predicted molar refractivity (Wildman–Crippen MR) is 31.0 cm³/mol. The first-order valence-corrected chi connectivity index (χ1v) is 2.59. The largest absolute Gasteiger partial charge is 0.310 e. The van der Waals surface area contributed by atoms with Gasteiger partial charge < -0.3 is 5.43 Å². The standard InChI is InChI=1S/C5H8N3/c1-2-6-8-5-3-4-7-8/h3,5-6H,2H2,1H3. The van der Waals surface area contributed by atoms with Gasteiger partial charge in [0.05, 0.1) is 0 Å². The molecule has 1 aromatic heterocycles. The Balaban J connectivity index is 2.50. The van der Waals surface area contributed by atoms with Gasteiger partial charge in [-0.1, -0.05) is 0 Å². The number of nitrogens with zero attached hydrogens (tertiary/aromatic N) is 2. The van der Waals surface area contributed by atoms with Crippen molar-refractivity contribution in [2.45, 2.75) is 6.92 Å². The summed E-state index contributed by atoms with van der Waals surface area (Å²) in [6.45, 7) is 2.90. The third-order valence-corrected chi connectivity index (χ3v) is 0.776. The fraction of sp³-hybridized carbons (Fsp3) is 0.400. The van der Waals surface area contributed by atoms with Crippen LogP contribution in [0.1, 0.15) is 6.92 Å². The molecule has 0 aliphatic heterocycles. The highest BCUT2D eigenvalue weighted by atomic mass is 15.5. The molecule has 0 unspecified atom stereocenters. The highest BCUT2D eigenvalue weighted by Crippen LogP contribution is 1.75. The van der Waals surface area contributed by atoms with Crippen LogP contribution in [0.25, 0.3) is 0 Å². The minimum absolute atomic E-state index is 0.884. The zero-order chi connectivity index (χ0) is 5.82. The molecule has 0 aliphatic rings. The van der Waals surface area contributed by atoms with Gasteiger partial charge in [0, 0.05) is 12.7 Å². The Morgan fingerprint density at radius 3 is 3.25 bits per heavy atom. The lowest BCUT2D eigenvalue weighted by Crippen LogP contribution is -2.13. The Kier molecular flexibility index (Phi) is 1.51. The summed E-state index contributed by atoms with van der Waals surface area (Å²) in [5.74, 6) is 0. The van der Waals surface area contributed by atoms with Gasteiger partial charge in [-0.2, -0.15) is 9.89 Å². The van der Waals surface area contributed by atoms with E-state index in [9.17, 15) is 0 Å². The van der Waals surface area contributed by atoms with E-state index in [-0.39, 0.29) is 0 Å². The van der Waals surface area contributed by atoms with Crippen LogP contribution in [0.3, 0.4) is 0 Å². The van der Waals surface area contributed by atoms with Crippen LogP contribution in [-0.4, -0.2) is 16.4 Å². The Bertz CT molecular complexity index is 133. The molecule has 1 rings (SSSR count). The second-order valence-electron chi connectivity index (χ2n) is 1.40. The molecule has 3 nitrogen and oxygen atoms in total. The second kappa shape index (κ2) is 2.35. The SMILES string of the molecule is CCNn1cc[c]n1. The van der Waals surface area contributed by atoms with Crippen LogP contribution in [0.2, 0.25) is 0 Å². The molecule has 1 radical (unpaired) electrons. The van der Waals surface area contributed by atoms with Crippen molar-refractivity contribution in [1.82, 2.24) is 9.89 Å². The molecule has 0 atom stereocenters. The molecule has 1 N–H and O–H groups in total. The number of hydrogen-bond donors (Lipinski definition) is 1. The summed E-state index contributed by atoms with van der Waals surface area (Å²) in [5, 5.41) is 3.79. The van der Waals surface area contributed by atoms with Crippen LogP contribution in [0.15, 0.2) is 12.3 Å². The Hall–Kier alpha value is -0.990. The average molecular weight is 110 g/mol. The van der Waals surface area contributed by atoms with E-state index in [1.165, 1.54) is 0 Å². The highest BCUT2D eigenvalue weighted by molar-refractivity contribution is 4.78. The van der Waals surface area contributed by atoms with Crippen LogP contribution in [0.5, 0.6) is 0 Å². The number of aromatic nitrogens is 2. The van der Waals surface area contributed by atoms with Crippen LogP contribution in [0.4, 0.5) is 0 Å². The van der Waals surface area contributed by atoms with E-state index >= 15 is 0 Å². The maximum Gasteiger partial charge on any atom is 0.115 e. The van der Waals surface area contributed by atoms with Gasteiger partial charge in [-0.15, -0.1) is 0 Å². The zero-order valence-electron chi connectivity index (χ0n) is 4.76. The topological polar surface area (TPSA) is 29.9 Å². The average Bonchev–Trinajstić information content (AvgIpc) is 2.19. The lowest BCUT2D eigenvalue weighted by atomic mass is 10.8. The molecular weight excluding hydrogens is 102 g/mol. The summed E-state index contributed by atoms with van der Waals surface area (Å²) in [6.07, 6.45) is 4.47. The van der Waals surface area contributed by atoms with Gasteiger partial charge in [0.25, 0.3) is 0 Å². The normalized spacial score (nSPS) is 9.12. The van der Waals surface area contributed by atoms with Crippen molar-refractivity contribution in [3.05, 3.63) is 18.5 Å². The summed E-state index contributed by atoms with van der Waals surface area (Å²) in [6, 6.07) is 1.75. The minimum atomic E-state index is 0.884. The lowest BCUT2D eigenvalue weighted by molar-refractivity contribution is 0.745. The number of hydrogen-bond acceptors (Lipinski definition) is 2. The molecule has 0 amide bonds. The highest BCUT2D eigenvalue weighted by Gasteiger charge is 1.80. The second-order valence-corrected chi connectivity index (χ2v) is 1.40. The first-order chi connectivity index (χ1) is 3.93. The molecule has 8 heavy (non-hydrogen) atoms. The van der Waals surface area contributed by atoms with E-state index in [2.05, 4.69) is 16.7 Å². The fourth-order valence-corrected chi connectivity index (χ4v) is 0.483. The van der Waals surface area contributed by atoms with Crippen molar-refractivity contribution in [2.75, 3.05) is 12.0 Å². The van der Waals surface area contributed by atoms with E-state index in [0.29, 0.717) is 0 Å². The van der Waals surface area contributed by atoms with Gasteiger partial charge in [0.15, 0.2) is 0 Å². The summed E-state index contributed by atoms with van der Waals surface area (Å²) in [7, 11) is 0. The molecule has 0 aliphatic carbocycles. The summed E-state index contributed by atoms with van der Waals surface area (Å²) in [5.41, 5.74) is 2.96. The van der Waals surface area contributed by atoms with Crippen LogP contribution in [-0.2, 0) is 0 Å². The van der Waals surface area contributed by atoms with Crippen molar-refractivity contribution < 1.29 is 0 Å². The molecule has 0 aromatic carbocycles. The molecule has 0 fully saturated rings. The first-order valence-electron chi connectivity index (χ1n) is 2.59. The van der Waals surface area contributed by atoms with Crippen molar-refractivity contribution in [1.29, 1.82) is 0 Å². The number of nitrogens with one attached hydrogen (secondary N) is 1. The molecule has 0 saturated heterocycles. The molecule has 0 bridgehead atoms. The Morgan fingerprint density at radius 2 is 2.75 bits per heavy atom. The van der Waals surface area contributed by atoms with Crippen LogP contribution < -0.4 is 5.43 Å². The molecule has 0 saturated carbocycles. The third kappa shape index (κ3) is 0.992. The van der Waals surface area contributed by atoms with Gasteiger partial charge in [0.1, 0.15) is 6.20 Å². The Labute approximate surface area is 48.3 Å². The Morgan fingerprint density at radius 1 is 1.88 bits per heavy atom. The van der Waals surface area contributed by atoms with Gasteiger partial charge >= 0.3 is 0 Å². The predicted octanol–water partition coefficient (Wildman–Crippen LogP) is 0.247. The van der Waals surface area contributed by atoms with E-state index < -0.39 is 0 Å². The monoisotopic (exact) mass is 110 g/mol. The van der Waals surface area contributed by atoms with E-state index in [1.807, 2.05) is 13.1 Å². The molecule has 1 heterocycles. The van der Waals surface area contributed by atoms with E-state index in [0.717, 1.165) is 6.54 Å². The molecule has 1 aromatic rings. The quantitative estimate of drug-likeness (QED) is 0.591. The summed E-state index contributed by atoms with van der Waals surface area (Å²) < 4.78 is 0. The smallest absolute Gasteiger partial charge is 0.115 e. The fourth-order valence-electron chi connectivity index (χ4n) is 0.483. The maximum atomic E-state index is 3.79. The van der Waals surface area contributed by atoms with Crippen molar-refractivity contribution in [3.63, 3.8) is 0 Å². The zero-order valence-corrected chi connectivity index (χ0v) is 4.76. The third-order valence-electron chi connectivity index (χ3n) is 0.776. The lowest BCUT2D eigenvalue weighted by Gasteiger charge is -1.98. The van der Waals surface area contributed by atoms with E-state index in [4.69, 9.17) is 0 Å². The van der Waals surface area contributed by atoms with Crippen molar-refractivity contribution in [2.24, 2.45) is 0 Å². The maximum absolute atomic E-state index is 3.79. The summed E-state index contributed by atoms with van der Waals surface area (Å²) >= 11 is 0. The van der Waals surface area contributed by atoms with Gasteiger partial charge in [-0.3, -0.25) is 0 Å². The summed E-state index contributed by atoms with van der Waals surface area (Å²) in [4.78, 5) is 1.62. The molecule has 0 spiro atoms. The minimum Gasteiger partial charge on any atom is -0.310 e. The molecular formula is C5H8N3. The molecule has 3 heteroatoms. The first kappa shape index (κ1) is 5.15. The van der Waals surface area contributed by atoms with Gasteiger partial charge in [0.2, 0.25) is 0 Å². The van der Waals surface area contributed by atoms with Crippen LogP contribution in [0, 0.1) is 6.20 Å². The molecule has 43 valence electrons. The van der Waals surface area contributed by atoms with Crippen molar-refractivity contribution >= 4 is 0 Å². The van der Waals surface area contributed by atoms with Gasteiger partial charge in [-0.25, -0.2) is 0 Å². The van der Waals surface area contributed by atoms with Crippen molar-refractivity contribution in [3.8, 4) is 0 Å². The number of rotatable bonds is 2. The van der Waals surface area contributed by atoms with Crippen LogP contribution >= 0.6 is 0 Å². The van der Waals surface area contributed by atoms with Gasteiger partial charge in [-0.05, 0) is 13.0 Å².